The standard InChI is InChI=1S/C16H16ClN3O/c1-2-7-20-14-9-11(17)4-6-13(14)19-16(20)10-3-5-12(18)15(21)8-10/h3-6,8-9,21H,2,7,18H2,1H3. The van der Waals surface area contributed by atoms with Crippen molar-refractivity contribution in [3.8, 4) is 17.1 Å². The average molecular weight is 302 g/mol. The third-order valence-electron chi connectivity index (χ3n) is 3.45. The number of rotatable bonds is 3. The van der Waals surface area contributed by atoms with E-state index < -0.39 is 0 Å². The molecule has 3 N–H and O–H groups in total. The van der Waals surface area contributed by atoms with Gasteiger partial charge in [0.25, 0.3) is 0 Å². The van der Waals surface area contributed by atoms with Crippen molar-refractivity contribution in [1.29, 1.82) is 0 Å². The minimum atomic E-state index is 0.0700. The van der Waals surface area contributed by atoms with Crippen molar-refractivity contribution < 1.29 is 5.11 Å². The third-order valence-corrected chi connectivity index (χ3v) is 3.68. The molecule has 0 aliphatic heterocycles. The Bertz CT molecular complexity index is 811. The van der Waals surface area contributed by atoms with Crippen LogP contribution in [0.1, 0.15) is 13.3 Å². The van der Waals surface area contributed by atoms with Gasteiger partial charge in [-0.2, -0.15) is 0 Å². The molecule has 3 rings (SSSR count). The topological polar surface area (TPSA) is 64.1 Å². The van der Waals surface area contributed by atoms with Gasteiger partial charge in [0, 0.05) is 17.1 Å². The molecule has 5 heteroatoms. The number of nitrogens with two attached hydrogens (primary N) is 1. The van der Waals surface area contributed by atoms with Crippen molar-refractivity contribution in [1.82, 2.24) is 9.55 Å². The van der Waals surface area contributed by atoms with Crippen molar-refractivity contribution in [3.63, 3.8) is 0 Å². The molecule has 0 atom stereocenters. The number of nitrogen functional groups attached to an aromatic ring is 1. The van der Waals surface area contributed by atoms with Crippen molar-refractivity contribution in [3.05, 3.63) is 41.4 Å². The molecule has 0 radical (unpaired) electrons. The van der Waals surface area contributed by atoms with Gasteiger partial charge in [0.15, 0.2) is 0 Å². The first-order valence-corrected chi connectivity index (χ1v) is 7.22. The van der Waals surface area contributed by atoms with Gasteiger partial charge in [-0.15, -0.1) is 0 Å². The summed E-state index contributed by atoms with van der Waals surface area (Å²) >= 11 is 6.09. The molecule has 3 aromatic rings. The summed E-state index contributed by atoms with van der Waals surface area (Å²) in [6.07, 6.45) is 0.978. The van der Waals surface area contributed by atoms with Gasteiger partial charge in [-0.3, -0.25) is 0 Å². The molecule has 0 fully saturated rings. The molecule has 21 heavy (non-hydrogen) atoms. The molecule has 1 heterocycles. The summed E-state index contributed by atoms with van der Waals surface area (Å²) in [5.41, 5.74) is 8.74. The Kier molecular flexibility index (Phi) is 3.47. The molecule has 0 spiro atoms. The van der Waals surface area contributed by atoms with Crippen LogP contribution in [-0.2, 0) is 6.54 Å². The number of imidazole rings is 1. The lowest BCUT2D eigenvalue weighted by atomic mass is 10.2. The van der Waals surface area contributed by atoms with Crippen LogP contribution in [0, 0.1) is 0 Å². The summed E-state index contributed by atoms with van der Waals surface area (Å²) in [5, 5.41) is 10.5. The Morgan fingerprint density at radius 2 is 2.05 bits per heavy atom. The molecule has 0 bridgehead atoms. The molecule has 0 amide bonds. The fourth-order valence-corrected chi connectivity index (χ4v) is 2.62. The maximum atomic E-state index is 9.82. The lowest BCUT2D eigenvalue weighted by molar-refractivity contribution is 0.478. The van der Waals surface area contributed by atoms with Crippen molar-refractivity contribution in [2.24, 2.45) is 0 Å². The summed E-state index contributed by atoms with van der Waals surface area (Å²) in [6.45, 7) is 2.94. The van der Waals surface area contributed by atoms with Crippen LogP contribution >= 0.6 is 11.6 Å². The Morgan fingerprint density at radius 1 is 1.24 bits per heavy atom. The van der Waals surface area contributed by atoms with Crippen LogP contribution in [0.4, 0.5) is 5.69 Å². The van der Waals surface area contributed by atoms with Gasteiger partial charge in [-0.1, -0.05) is 18.5 Å². The Hall–Kier alpha value is -2.20. The number of hydrogen-bond acceptors (Lipinski definition) is 3. The van der Waals surface area contributed by atoms with Crippen LogP contribution in [-0.4, -0.2) is 14.7 Å². The molecule has 4 nitrogen and oxygen atoms in total. The van der Waals surface area contributed by atoms with E-state index in [0.717, 1.165) is 35.4 Å². The van der Waals surface area contributed by atoms with Gasteiger partial charge in [0.1, 0.15) is 11.6 Å². The van der Waals surface area contributed by atoms with Crippen molar-refractivity contribution >= 4 is 28.3 Å². The molecule has 0 unspecified atom stereocenters. The highest BCUT2D eigenvalue weighted by Gasteiger charge is 2.13. The van der Waals surface area contributed by atoms with Crippen LogP contribution in [0.25, 0.3) is 22.4 Å². The van der Waals surface area contributed by atoms with Crippen LogP contribution in [0.15, 0.2) is 36.4 Å². The molecule has 1 aromatic heterocycles. The van der Waals surface area contributed by atoms with E-state index in [1.165, 1.54) is 0 Å². The number of phenols is 1. The highest BCUT2D eigenvalue weighted by Crippen LogP contribution is 2.31. The lowest BCUT2D eigenvalue weighted by Gasteiger charge is -2.09. The summed E-state index contributed by atoms with van der Waals surface area (Å²) in [4.78, 5) is 4.67. The first kappa shape index (κ1) is 13.8. The summed E-state index contributed by atoms with van der Waals surface area (Å²) in [6, 6.07) is 10.9. The molecule has 0 saturated carbocycles. The monoisotopic (exact) mass is 301 g/mol. The second-order valence-electron chi connectivity index (χ2n) is 4.99. The highest BCUT2D eigenvalue weighted by atomic mass is 35.5. The van der Waals surface area contributed by atoms with Gasteiger partial charge in [0.05, 0.1) is 16.7 Å². The largest absolute Gasteiger partial charge is 0.506 e. The maximum Gasteiger partial charge on any atom is 0.141 e. The fraction of sp³-hybridized carbons (Fsp3) is 0.188. The lowest BCUT2D eigenvalue weighted by Crippen LogP contribution is -2.00. The van der Waals surface area contributed by atoms with E-state index in [1.54, 1.807) is 12.1 Å². The third kappa shape index (κ3) is 2.43. The Morgan fingerprint density at radius 3 is 2.76 bits per heavy atom. The predicted molar refractivity (Wildman–Crippen MR) is 86.5 cm³/mol. The molecule has 0 aliphatic rings. The number of halogens is 1. The summed E-state index contributed by atoms with van der Waals surface area (Å²) in [5.74, 6) is 0.880. The number of fused-ring (bicyclic) bond motifs is 1. The molecule has 2 aromatic carbocycles. The smallest absolute Gasteiger partial charge is 0.141 e. The van der Waals surface area contributed by atoms with Gasteiger partial charge in [-0.25, -0.2) is 4.98 Å². The van der Waals surface area contributed by atoms with E-state index >= 15 is 0 Å². The van der Waals surface area contributed by atoms with Gasteiger partial charge >= 0.3 is 0 Å². The van der Waals surface area contributed by atoms with E-state index in [2.05, 4.69) is 16.5 Å². The Labute approximate surface area is 127 Å². The van der Waals surface area contributed by atoms with E-state index in [4.69, 9.17) is 17.3 Å². The second kappa shape index (κ2) is 5.30. The van der Waals surface area contributed by atoms with Crippen molar-refractivity contribution in [2.45, 2.75) is 19.9 Å². The second-order valence-corrected chi connectivity index (χ2v) is 5.43. The predicted octanol–water partition coefficient (Wildman–Crippen LogP) is 4.05. The van der Waals surface area contributed by atoms with Crippen LogP contribution in [0.3, 0.4) is 0 Å². The van der Waals surface area contributed by atoms with E-state index in [-0.39, 0.29) is 5.75 Å². The normalized spacial score (nSPS) is 11.1. The van der Waals surface area contributed by atoms with Crippen LogP contribution in [0.2, 0.25) is 5.02 Å². The first-order valence-electron chi connectivity index (χ1n) is 6.85. The molecule has 108 valence electrons. The number of hydrogen-bond donors (Lipinski definition) is 2. The van der Waals surface area contributed by atoms with Gasteiger partial charge in [-0.05, 0) is 42.8 Å². The summed E-state index contributed by atoms with van der Waals surface area (Å²) < 4.78 is 2.12. The molecular weight excluding hydrogens is 286 g/mol. The zero-order chi connectivity index (χ0) is 15.0. The van der Waals surface area contributed by atoms with Crippen LogP contribution < -0.4 is 5.73 Å². The number of aromatic nitrogens is 2. The SMILES string of the molecule is CCCn1c(-c2ccc(N)c(O)c2)nc2ccc(Cl)cc21. The minimum absolute atomic E-state index is 0.0700. The minimum Gasteiger partial charge on any atom is -0.506 e. The molecule has 0 saturated heterocycles. The van der Waals surface area contributed by atoms with E-state index in [0.29, 0.717) is 10.7 Å². The zero-order valence-corrected chi connectivity index (χ0v) is 12.4. The van der Waals surface area contributed by atoms with E-state index in [9.17, 15) is 5.11 Å². The maximum absolute atomic E-state index is 9.82. The highest BCUT2D eigenvalue weighted by molar-refractivity contribution is 6.31. The number of nitrogens with zero attached hydrogens (tertiary/aromatic N) is 2. The fourth-order valence-electron chi connectivity index (χ4n) is 2.45. The van der Waals surface area contributed by atoms with Crippen LogP contribution in [0.5, 0.6) is 5.75 Å². The summed E-state index contributed by atoms with van der Waals surface area (Å²) in [7, 11) is 0. The van der Waals surface area contributed by atoms with Gasteiger partial charge < -0.3 is 15.4 Å². The van der Waals surface area contributed by atoms with E-state index in [1.807, 2.05) is 24.3 Å². The molecule has 0 aliphatic carbocycles. The number of aryl methyl sites for hydroxylation is 1. The Balaban J connectivity index is 2.25. The number of phenolic OH excluding ortho intramolecular Hbond substituents is 1. The van der Waals surface area contributed by atoms with Crippen molar-refractivity contribution in [2.75, 3.05) is 5.73 Å². The zero-order valence-electron chi connectivity index (χ0n) is 11.7. The molecular formula is C16H16ClN3O. The first-order chi connectivity index (χ1) is 10.1. The number of benzene rings is 2. The number of anilines is 1. The number of aromatic hydroxyl groups is 1. The van der Waals surface area contributed by atoms with Gasteiger partial charge in [0.2, 0.25) is 0 Å². The average Bonchev–Trinajstić information content (AvgIpc) is 2.81. The quantitative estimate of drug-likeness (QED) is 0.566.